The van der Waals surface area contributed by atoms with Crippen molar-refractivity contribution in [3.63, 3.8) is 0 Å². The van der Waals surface area contributed by atoms with Crippen molar-refractivity contribution in [1.29, 1.82) is 0 Å². The largest absolute Gasteiger partial charge is 0.424 e. The maximum absolute atomic E-state index is 13.6. The highest BCUT2D eigenvalue weighted by molar-refractivity contribution is 5.26. The molecule has 1 aromatic rings. The smallest absolute Gasteiger partial charge is 0.346 e. The Morgan fingerprint density at radius 3 is 2.40 bits per heavy atom. The minimum absolute atomic E-state index is 0.0962. The minimum atomic E-state index is -4.51. The number of benzene rings is 1. The van der Waals surface area contributed by atoms with Gasteiger partial charge in [0.15, 0.2) is 5.79 Å². The first-order valence-corrected chi connectivity index (χ1v) is 6.59. The summed E-state index contributed by atoms with van der Waals surface area (Å²) in [6, 6.07) is 7.72. The van der Waals surface area contributed by atoms with Gasteiger partial charge in [-0.15, -0.1) is 0 Å². The van der Waals surface area contributed by atoms with E-state index in [0.717, 1.165) is 0 Å². The molecule has 1 aliphatic heterocycles. The standard InChI is InChI=1S/C15H15F3O2/c16-15(17,18)14(12-7-3-1-4-8-12)11-19-13(20-14)9-5-2-6-10-13/h1-5,7-8H,6,9-11H2. The lowest BCUT2D eigenvalue weighted by molar-refractivity contribution is -0.297. The summed E-state index contributed by atoms with van der Waals surface area (Å²) in [5.74, 6) is -1.14. The monoisotopic (exact) mass is 284 g/mol. The third-order valence-corrected chi connectivity index (χ3v) is 3.88. The van der Waals surface area contributed by atoms with Crippen LogP contribution in [0.2, 0.25) is 0 Å². The van der Waals surface area contributed by atoms with Gasteiger partial charge >= 0.3 is 6.18 Å². The molecule has 2 aliphatic rings. The van der Waals surface area contributed by atoms with Crippen LogP contribution in [0.1, 0.15) is 24.8 Å². The van der Waals surface area contributed by atoms with Crippen LogP contribution in [-0.2, 0) is 15.1 Å². The van der Waals surface area contributed by atoms with Gasteiger partial charge in [0, 0.05) is 12.8 Å². The van der Waals surface area contributed by atoms with E-state index in [-0.39, 0.29) is 5.56 Å². The maximum atomic E-state index is 13.6. The number of halogens is 3. The summed E-state index contributed by atoms with van der Waals surface area (Å²) in [5.41, 5.74) is -2.27. The highest BCUT2D eigenvalue weighted by Crippen LogP contribution is 2.52. The molecule has 3 rings (SSSR count). The van der Waals surface area contributed by atoms with Crippen LogP contribution < -0.4 is 0 Å². The van der Waals surface area contributed by atoms with E-state index < -0.39 is 24.2 Å². The fourth-order valence-electron chi connectivity index (χ4n) is 2.77. The maximum Gasteiger partial charge on any atom is 0.424 e. The summed E-state index contributed by atoms with van der Waals surface area (Å²) < 4.78 is 51.9. The van der Waals surface area contributed by atoms with Gasteiger partial charge in [-0.2, -0.15) is 13.2 Å². The van der Waals surface area contributed by atoms with E-state index in [4.69, 9.17) is 9.47 Å². The molecule has 0 aromatic heterocycles. The lowest BCUT2D eigenvalue weighted by Gasteiger charge is -2.35. The van der Waals surface area contributed by atoms with Crippen molar-refractivity contribution in [1.82, 2.24) is 0 Å². The Morgan fingerprint density at radius 1 is 1.05 bits per heavy atom. The second-order valence-electron chi connectivity index (χ2n) is 5.21. The normalized spacial score (nSPS) is 33.8. The molecule has 1 heterocycles. The van der Waals surface area contributed by atoms with Crippen LogP contribution in [0.25, 0.3) is 0 Å². The number of rotatable bonds is 1. The molecule has 0 bridgehead atoms. The van der Waals surface area contributed by atoms with E-state index in [1.807, 2.05) is 12.2 Å². The topological polar surface area (TPSA) is 18.5 Å². The lowest BCUT2D eigenvalue weighted by atomic mass is 9.93. The summed E-state index contributed by atoms with van der Waals surface area (Å²) in [5, 5.41) is 0. The molecule has 1 aliphatic carbocycles. The van der Waals surface area contributed by atoms with Crippen LogP contribution in [0.3, 0.4) is 0 Å². The highest BCUT2D eigenvalue weighted by atomic mass is 19.4. The molecule has 108 valence electrons. The Morgan fingerprint density at radius 2 is 1.80 bits per heavy atom. The molecule has 0 amide bonds. The van der Waals surface area contributed by atoms with Crippen molar-refractivity contribution in [3.05, 3.63) is 48.0 Å². The van der Waals surface area contributed by atoms with Gasteiger partial charge in [0.25, 0.3) is 0 Å². The molecular formula is C15H15F3O2. The molecule has 1 spiro atoms. The molecule has 1 aromatic carbocycles. The predicted molar refractivity (Wildman–Crippen MR) is 66.9 cm³/mol. The van der Waals surface area contributed by atoms with E-state index in [1.54, 1.807) is 18.2 Å². The van der Waals surface area contributed by atoms with E-state index in [1.165, 1.54) is 12.1 Å². The van der Waals surface area contributed by atoms with Crippen molar-refractivity contribution in [3.8, 4) is 0 Å². The zero-order valence-electron chi connectivity index (χ0n) is 10.8. The Labute approximate surface area is 115 Å². The first-order valence-electron chi connectivity index (χ1n) is 6.59. The number of hydrogen-bond acceptors (Lipinski definition) is 2. The first kappa shape index (κ1) is 13.6. The fraction of sp³-hybridized carbons (Fsp3) is 0.467. The second kappa shape index (κ2) is 4.60. The molecule has 2 nitrogen and oxygen atoms in total. The van der Waals surface area contributed by atoms with Crippen LogP contribution in [0, 0.1) is 0 Å². The summed E-state index contributed by atoms with van der Waals surface area (Å²) >= 11 is 0. The van der Waals surface area contributed by atoms with Gasteiger partial charge in [-0.1, -0.05) is 42.5 Å². The summed E-state index contributed by atoms with van der Waals surface area (Å²) in [6.07, 6.45) is 0.725. The summed E-state index contributed by atoms with van der Waals surface area (Å²) in [4.78, 5) is 0. The van der Waals surface area contributed by atoms with Crippen molar-refractivity contribution in [2.75, 3.05) is 6.61 Å². The Bertz CT molecular complexity index is 512. The third kappa shape index (κ3) is 2.05. The summed E-state index contributed by atoms with van der Waals surface area (Å²) in [7, 11) is 0. The number of allylic oxidation sites excluding steroid dienone is 1. The number of alkyl halides is 3. The van der Waals surface area contributed by atoms with E-state index >= 15 is 0 Å². The third-order valence-electron chi connectivity index (χ3n) is 3.88. The Kier molecular flexibility index (Phi) is 3.14. The van der Waals surface area contributed by atoms with E-state index in [9.17, 15) is 13.2 Å². The average molecular weight is 284 g/mol. The number of ether oxygens (including phenoxy) is 2. The Balaban J connectivity index is 2.00. The highest BCUT2D eigenvalue weighted by Gasteiger charge is 2.65. The van der Waals surface area contributed by atoms with Gasteiger partial charge in [0.05, 0.1) is 6.61 Å². The molecule has 0 N–H and O–H groups in total. The minimum Gasteiger partial charge on any atom is -0.346 e. The first-order chi connectivity index (χ1) is 9.48. The Hall–Kier alpha value is -1.33. The predicted octanol–water partition coefficient (Wildman–Crippen LogP) is 3.93. The van der Waals surface area contributed by atoms with Gasteiger partial charge in [0.1, 0.15) is 0 Å². The molecule has 0 saturated carbocycles. The van der Waals surface area contributed by atoms with Crippen molar-refractivity contribution < 1.29 is 22.6 Å². The number of hydrogen-bond donors (Lipinski definition) is 0. The van der Waals surface area contributed by atoms with Crippen molar-refractivity contribution in [2.45, 2.75) is 36.8 Å². The molecule has 1 fully saturated rings. The van der Waals surface area contributed by atoms with Crippen LogP contribution in [0.15, 0.2) is 42.5 Å². The zero-order chi connectivity index (χ0) is 14.3. The average Bonchev–Trinajstić information content (AvgIpc) is 2.81. The van der Waals surface area contributed by atoms with Crippen LogP contribution in [0.5, 0.6) is 0 Å². The lowest BCUT2D eigenvalue weighted by Crippen LogP contribution is -2.46. The van der Waals surface area contributed by atoms with Gasteiger partial charge in [-0.3, -0.25) is 0 Å². The van der Waals surface area contributed by atoms with Gasteiger partial charge < -0.3 is 9.47 Å². The summed E-state index contributed by atoms with van der Waals surface area (Å²) in [6.45, 7) is -0.492. The van der Waals surface area contributed by atoms with Gasteiger partial charge in [-0.25, -0.2) is 0 Å². The van der Waals surface area contributed by atoms with Crippen LogP contribution in [0.4, 0.5) is 13.2 Å². The van der Waals surface area contributed by atoms with Gasteiger partial charge in [0.2, 0.25) is 5.60 Å². The molecular weight excluding hydrogens is 269 g/mol. The van der Waals surface area contributed by atoms with Crippen molar-refractivity contribution >= 4 is 0 Å². The van der Waals surface area contributed by atoms with E-state index in [0.29, 0.717) is 19.3 Å². The quantitative estimate of drug-likeness (QED) is 0.727. The zero-order valence-corrected chi connectivity index (χ0v) is 10.8. The van der Waals surface area contributed by atoms with E-state index in [2.05, 4.69) is 0 Å². The molecule has 0 radical (unpaired) electrons. The molecule has 20 heavy (non-hydrogen) atoms. The van der Waals surface area contributed by atoms with Gasteiger partial charge in [-0.05, 0) is 12.0 Å². The molecule has 2 unspecified atom stereocenters. The SMILES string of the molecule is FC(F)(F)C1(c2ccccc2)COC2(CC=CCC2)O1. The molecule has 5 heteroatoms. The molecule has 2 atom stereocenters. The second-order valence-corrected chi connectivity index (χ2v) is 5.21. The fourth-order valence-corrected chi connectivity index (χ4v) is 2.77. The van der Waals surface area contributed by atoms with Crippen LogP contribution >= 0.6 is 0 Å². The van der Waals surface area contributed by atoms with Crippen molar-refractivity contribution in [2.24, 2.45) is 0 Å². The molecule has 1 saturated heterocycles. The van der Waals surface area contributed by atoms with Crippen LogP contribution in [-0.4, -0.2) is 18.6 Å².